The second kappa shape index (κ2) is 7.70. The van der Waals surface area contributed by atoms with E-state index in [1.807, 2.05) is 4.90 Å². The summed E-state index contributed by atoms with van der Waals surface area (Å²) in [5, 5.41) is 6.40. The second-order valence-corrected chi connectivity index (χ2v) is 5.61. The zero-order valence-electron chi connectivity index (χ0n) is 12.2. The Morgan fingerprint density at radius 3 is 2.95 bits per heavy atom. The normalized spacial score (nSPS) is 24.8. The maximum Gasteiger partial charge on any atom is 0.317 e. The Bertz CT molecular complexity index is 285. The van der Waals surface area contributed by atoms with Gasteiger partial charge in [-0.15, -0.1) is 0 Å². The van der Waals surface area contributed by atoms with Crippen LogP contribution in [0.25, 0.3) is 0 Å². The highest BCUT2D eigenvalue weighted by Gasteiger charge is 2.24. The van der Waals surface area contributed by atoms with Crippen LogP contribution < -0.4 is 10.6 Å². The zero-order chi connectivity index (χ0) is 13.5. The van der Waals surface area contributed by atoms with Crippen LogP contribution in [0.2, 0.25) is 0 Å². The van der Waals surface area contributed by atoms with E-state index in [2.05, 4.69) is 22.5 Å². The van der Waals surface area contributed by atoms with Gasteiger partial charge < -0.3 is 15.5 Å². The summed E-state index contributed by atoms with van der Waals surface area (Å²) in [5.74, 6) is 0. The van der Waals surface area contributed by atoms with Crippen molar-refractivity contribution in [1.29, 1.82) is 0 Å². The van der Waals surface area contributed by atoms with Crippen LogP contribution in [-0.4, -0.2) is 67.7 Å². The second-order valence-electron chi connectivity index (χ2n) is 5.61. The van der Waals surface area contributed by atoms with Crippen LogP contribution in [0.4, 0.5) is 4.79 Å². The van der Waals surface area contributed by atoms with E-state index in [1.54, 1.807) is 0 Å². The minimum absolute atomic E-state index is 0.109. The summed E-state index contributed by atoms with van der Waals surface area (Å²) in [6, 6.07) is 0.767. The van der Waals surface area contributed by atoms with Crippen LogP contribution in [0.1, 0.15) is 32.6 Å². The number of carbonyl (C=O) groups is 1. The number of nitrogens with zero attached hydrogens (tertiary/aromatic N) is 2. The van der Waals surface area contributed by atoms with Gasteiger partial charge in [-0.1, -0.05) is 13.3 Å². The van der Waals surface area contributed by atoms with E-state index >= 15 is 0 Å². The number of carbonyl (C=O) groups excluding carboxylic acids is 1. The predicted molar refractivity (Wildman–Crippen MR) is 77.3 cm³/mol. The van der Waals surface area contributed by atoms with Crippen molar-refractivity contribution in [3.63, 3.8) is 0 Å². The van der Waals surface area contributed by atoms with Gasteiger partial charge in [0.05, 0.1) is 0 Å². The lowest BCUT2D eigenvalue weighted by Crippen LogP contribution is -2.48. The molecule has 2 fully saturated rings. The van der Waals surface area contributed by atoms with Gasteiger partial charge in [-0.2, -0.15) is 0 Å². The number of amides is 2. The number of likely N-dealkylation sites (tertiary alicyclic amines) is 1. The van der Waals surface area contributed by atoms with Crippen molar-refractivity contribution in [2.24, 2.45) is 0 Å². The molecule has 0 aromatic rings. The van der Waals surface area contributed by atoms with E-state index in [1.165, 1.54) is 32.2 Å². The minimum atomic E-state index is 0.109. The van der Waals surface area contributed by atoms with Gasteiger partial charge in [-0.25, -0.2) is 4.79 Å². The Labute approximate surface area is 116 Å². The fraction of sp³-hybridized carbons (Fsp3) is 0.929. The topological polar surface area (TPSA) is 47.6 Å². The molecule has 2 heterocycles. The Kier molecular flexibility index (Phi) is 5.92. The molecule has 110 valence electrons. The maximum absolute atomic E-state index is 11.5. The standard InChI is InChI=1S/C14H28N4O/c1-2-6-15-12-13-5-3-4-8-17(13)10-11-18-9-7-16-14(18)19/h13,15H,2-12H2,1H3,(H,16,19). The van der Waals surface area contributed by atoms with E-state index in [9.17, 15) is 4.79 Å². The molecule has 0 aliphatic carbocycles. The lowest BCUT2D eigenvalue weighted by molar-refractivity contribution is 0.132. The quantitative estimate of drug-likeness (QED) is 0.674. The van der Waals surface area contributed by atoms with Crippen molar-refractivity contribution in [3.05, 3.63) is 0 Å². The number of hydrogen-bond acceptors (Lipinski definition) is 3. The highest BCUT2D eigenvalue weighted by molar-refractivity contribution is 5.76. The molecule has 0 aromatic carbocycles. The van der Waals surface area contributed by atoms with Crippen LogP contribution in [0, 0.1) is 0 Å². The van der Waals surface area contributed by atoms with Gasteiger partial charge in [0.2, 0.25) is 0 Å². The summed E-state index contributed by atoms with van der Waals surface area (Å²) in [4.78, 5) is 16.0. The number of urea groups is 1. The molecule has 0 aromatic heterocycles. The van der Waals surface area contributed by atoms with Crippen LogP contribution in [0.5, 0.6) is 0 Å². The van der Waals surface area contributed by atoms with Crippen molar-refractivity contribution in [3.8, 4) is 0 Å². The van der Waals surface area contributed by atoms with Crippen LogP contribution in [0.15, 0.2) is 0 Å². The molecule has 2 saturated heterocycles. The van der Waals surface area contributed by atoms with Crippen molar-refractivity contribution in [2.45, 2.75) is 38.6 Å². The smallest absolute Gasteiger partial charge is 0.317 e. The van der Waals surface area contributed by atoms with Crippen molar-refractivity contribution < 1.29 is 4.79 Å². The van der Waals surface area contributed by atoms with Gasteiger partial charge in [0, 0.05) is 38.8 Å². The average Bonchev–Trinajstić information content (AvgIpc) is 2.83. The van der Waals surface area contributed by atoms with E-state index in [-0.39, 0.29) is 6.03 Å². The fourth-order valence-corrected chi connectivity index (χ4v) is 3.00. The molecule has 1 unspecified atom stereocenters. The summed E-state index contributed by atoms with van der Waals surface area (Å²) in [7, 11) is 0. The molecular formula is C14H28N4O. The Hall–Kier alpha value is -0.810. The molecule has 0 spiro atoms. The highest BCUT2D eigenvalue weighted by atomic mass is 16.2. The zero-order valence-corrected chi connectivity index (χ0v) is 12.2. The third-order valence-corrected chi connectivity index (χ3v) is 4.16. The summed E-state index contributed by atoms with van der Waals surface area (Å²) in [6.45, 7) is 9.16. The van der Waals surface area contributed by atoms with Crippen LogP contribution in [0.3, 0.4) is 0 Å². The van der Waals surface area contributed by atoms with Crippen molar-refractivity contribution in [2.75, 3.05) is 45.8 Å². The fourth-order valence-electron chi connectivity index (χ4n) is 3.00. The third kappa shape index (κ3) is 4.35. The lowest BCUT2D eigenvalue weighted by Gasteiger charge is -2.36. The van der Waals surface area contributed by atoms with Gasteiger partial charge >= 0.3 is 6.03 Å². The van der Waals surface area contributed by atoms with Crippen molar-refractivity contribution >= 4 is 6.03 Å². The van der Waals surface area contributed by atoms with Gasteiger partial charge in [-0.3, -0.25) is 4.90 Å². The highest BCUT2D eigenvalue weighted by Crippen LogP contribution is 2.16. The molecular weight excluding hydrogens is 240 g/mol. The molecule has 0 radical (unpaired) electrons. The molecule has 0 saturated carbocycles. The van der Waals surface area contributed by atoms with Crippen LogP contribution in [-0.2, 0) is 0 Å². The Morgan fingerprint density at radius 2 is 2.21 bits per heavy atom. The molecule has 2 aliphatic heterocycles. The summed E-state index contributed by atoms with van der Waals surface area (Å²) < 4.78 is 0. The van der Waals surface area contributed by atoms with Gasteiger partial charge in [0.15, 0.2) is 0 Å². The largest absolute Gasteiger partial charge is 0.336 e. The first-order valence-electron chi connectivity index (χ1n) is 7.79. The van der Waals surface area contributed by atoms with E-state index in [0.29, 0.717) is 6.04 Å². The van der Waals surface area contributed by atoms with E-state index < -0.39 is 0 Å². The van der Waals surface area contributed by atoms with Gasteiger partial charge in [-0.05, 0) is 32.4 Å². The van der Waals surface area contributed by atoms with Gasteiger partial charge in [0.1, 0.15) is 0 Å². The molecule has 2 aliphatic rings. The van der Waals surface area contributed by atoms with E-state index in [4.69, 9.17) is 0 Å². The molecule has 0 bridgehead atoms. The first kappa shape index (κ1) is 14.6. The number of rotatable bonds is 7. The summed E-state index contributed by atoms with van der Waals surface area (Å²) in [6.07, 6.45) is 5.14. The predicted octanol–water partition coefficient (Wildman–Crippen LogP) is 0.866. The lowest BCUT2D eigenvalue weighted by atomic mass is 10.0. The number of nitrogens with one attached hydrogen (secondary N) is 2. The molecule has 1 atom stereocenters. The maximum atomic E-state index is 11.5. The molecule has 19 heavy (non-hydrogen) atoms. The third-order valence-electron chi connectivity index (χ3n) is 4.16. The number of piperidine rings is 1. The summed E-state index contributed by atoms with van der Waals surface area (Å²) in [5.41, 5.74) is 0. The number of hydrogen-bond donors (Lipinski definition) is 2. The monoisotopic (exact) mass is 268 g/mol. The molecule has 2 N–H and O–H groups in total. The molecule has 5 nitrogen and oxygen atoms in total. The Morgan fingerprint density at radius 1 is 1.32 bits per heavy atom. The molecule has 5 heteroatoms. The Balaban J connectivity index is 1.73. The van der Waals surface area contributed by atoms with Gasteiger partial charge in [0.25, 0.3) is 0 Å². The van der Waals surface area contributed by atoms with E-state index in [0.717, 1.165) is 39.3 Å². The summed E-state index contributed by atoms with van der Waals surface area (Å²) >= 11 is 0. The SMILES string of the molecule is CCCNCC1CCCCN1CCN1CCNC1=O. The average molecular weight is 268 g/mol. The van der Waals surface area contributed by atoms with Crippen LogP contribution >= 0.6 is 0 Å². The first-order chi connectivity index (χ1) is 9.31. The molecule has 2 amide bonds. The van der Waals surface area contributed by atoms with Crippen molar-refractivity contribution in [1.82, 2.24) is 20.4 Å². The molecule has 2 rings (SSSR count). The first-order valence-corrected chi connectivity index (χ1v) is 7.79. The minimum Gasteiger partial charge on any atom is -0.336 e.